The molecule has 0 unspecified atom stereocenters. The van der Waals surface area contributed by atoms with Gasteiger partial charge < -0.3 is 9.88 Å². The Morgan fingerprint density at radius 2 is 2.15 bits per heavy atom. The van der Waals surface area contributed by atoms with Gasteiger partial charge in [0, 0.05) is 11.5 Å². The first kappa shape index (κ1) is 15.1. The zero-order valence-electron chi connectivity index (χ0n) is 11.2. The van der Waals surface area contributed by atoms with Gasteiger partial charge in [-0.15, -0.1) is 10.2 Å². The maximum Gasteiger partial charge on any atom is 0.230 e. The van der Waals surface area contributed by atoms with Crippen LogP contribution in [0.1, 0.15) is 18.5 Å². The number of aromatic nitrogens is 3. The Balaban J connectivity index is 1.85. The second-order valence-electron chi connectivity index (χ2n) is 4.35. The Morgan fingerprint density at radius 1 is 1.45 bits per heavy atom. The van der Waals surface area contributed by atoms with Crippen LogP contribution in [0.3, 0.4) is 0 Å². The van der Waals surface area contributed by atoms with Gasteiger partial charge in [-0.2, -0.15) is 0 Å². The average molecular weight is 355 g/mol. The zero-order valence-corrected chi connectivity index (χ0v) is 13.6. The first-order valence-corrected chi connectivity index (χ1v) is 7.85. The molecule has 5 nitrogen and oxygen atoms in total. The van der Waals surface area contributed by atoms with E-state index < -0.39 is 0 Å². The van der Waals surface area contributed by atoms with Gasteiger partial charge in [-0.25, -0.2) is 0 Å². The quantitative estimate of drug-likeness (QED) is 0.838. The first-order chi connectivity index (χ1) is 9.56. The molecule has 0 fully saturated rings. The Morgan fingerprint density at radius 3 is 2.75 bits per heavy atom. The number of carbonyl (C=O) groups is 1. The highest BCUT2D eigenvalue weighted by Gasteiger charge is 2.11. The highest BCUT2D eigenvalue weighted by Crippen LogP contribution is 2.17. The third-order valence-electron chi connectivity index (χ3n) is 2.75. The Bertz CT molecular complexity index is 584. The predicted octanol–water partition coefficient (Wildman–Crippen LogP) is 2.55. The summed E-state index contributed by atoms with van der Waals surface area (Å²) in [6.07, 6.45) is 1.62. The lowest BCUT2D eigenvalue weighted by atomic mass is 10.1. The van der Waals surface area contributed by atoms with Crippen molar-refractivity contribution in [1.29, 1.82) is 0 Å². The van der Waals surface area contributed by atoms with Crippen LogP contribution in [-0.4, -0.2) is 26.4 Å². The van der Waals surface area contributed by atoms with Gasteiger partial charge in [-0.05, 0) is 24.6 Å². The van der Waals surface area contributed by atoms with Gasteiger partial charge in [-0.1, -0.05) is 39.8 Å². The number of benzene rings is 1. The van der Waals surface area contributed by atoms with Gasteiger partial charge in [0.15, 0.2) is 5.16 Å². The summed E-state index contributed by atoms with van der Waals surface area (Å²) in [6, 6.07) is 7.89. The Kier molecular flexibility index (Phi) is 5.19. The van der Waals surface area contributed by atoms with E-state index in [1.807, 2.05) is 38.2 Å². The fourth-order valence-electron chi connectivity index (χ4n) is 1.65. The second-order valence-corrected chi connectivity index (χ2v) is 6.21. The fourth-order valence-corrected chi connectivity index (χ4v) is 2.61. The van der Waals surface area contributed by atoms with E-state index in [-0.39, 0.29) is 11.9 Å². The summed E-state index contributed by atoms with van der Waals surface area (Å²) in [6.45, 7) is 1.97. The maximum atomic E-state index is 11.9. The third-order valence-corrected chi connectivity index (χ3v) is 4.31. The normalized spacial score (nSPS) is 12.2. The van der Waals surface area contributed by atoms with E-state index in [0.29, 0.717) is 5.75 Å². The van der Waals surface area contributed by atoms with Crippen LogP contribution < -0.4 is 5.32 Å². The maximum absolute atomic E-state index is 11.9. The van der Waals surface area contributed by atoms with E-state index in [4.69, 9.17) is 0 Å². The van der Waals surface area contributed by atoms with E-state index in [9.17, 15) is 4.79 Å². The van der Waals surface area contributed by atoms with E-state index in [1.54, 1.807) is 10.9 Å². The van der Waals surface area contributed by atoms with Crippen molar-refractivity contribution in [2.45, 2.75) is 18.1 Å². The van der Waals surface area contributed by atoms with E-state index in [2.05, 4.69) is 31.4 Å². The molecule has 0 saturated carbocycles. The lowest BCUT2D eigenvalue weighted by molar-refractivity contribution is -0.119. The fraction of sp³-hybridized carbons (Fsp3) is 0.308. The Labute approximate surface area is 130 Å². The van der Waals surface area contributed by atoms with E-state index >= 15 is 0 Å². The monoisotopic (exact) mass is 354 g/mol. The number of halogens is 1. The number of thioether (sulfide) groups is 1. The van der Waals surface area contributed by atoms with Gasteiger partial charge in [0.2, 0.25) is 5.91 Å². The number of nitrogens with zero attached hydrogens (tertiary/aromatic N) is 3. The molecular formula is C13H15BrN4OS. The van der Waals surface area contributed by atoms with Gasteiger partial charge in [-0.3, -0.25) is 4.79 Å². The van der Waals surface area contributed by atoms with Crippen LogP contribution in [0.4, 0.5) is 0 Å². The lowest BCUT2D eigenvalue weighted by Gasteiger charge is -2.14. The average Bonchev–Trinajstić information content (AvgIpc) is 2.82. The highest BCUT2D eigenvalue weighted by atomic mass is 79.9. The third kappa shape index (κ3) is 4.08. The molecule has 106 valence electrons. The summed E-state index contributed by atoms with van der Waals surface area (Å²) in [7, 11) is 1.85. The molecule has 2 aromatic rings. The van der Waals surface area contributed by atoms with Crippen LogP contribution in [-0.2, 0) is 11.8 Å². The molecule has 0 aliphatic heterocycles. The molecule has 7 heteroatoms. The predicted molar refractivity (Wildman–Crippen MR) is 82.4 cm³/mol. The molecule has 1 aromatic carbocycles. The molecule has 0 aliphatic rings. The van der Waals surface area contributed by atoms with E-state index in [0.717, 1.165) is 15.2 Å². The molecule has 20 heavy (non-hydrogen) atoms. The number of aryl methyl sites for hydroxylation is 1. The molecule has 1 N–H and O–H groups in total. The molecular weight excluding hydrogens is 340 g/mol. The van der Waals surface area contributed by atoms with Gasteiger partial charge >= 0.3 is 0 Å². The van der Waals surface area contributed by atoms with Crippen LogP contribution in [0, 0.1) is 0 Å². The largest absolute Gasteiger partial charge is 0.349 e. The molecule has 0 bridgehead atoms. The molecule has 1 atom stereocenters. The summed E-state index contributed by atoms with van der Waals surface area (Å²) in [5.74, 6) is 0.307. The summed E-state index contributed by atoms with van der Waals surface area (Å²) in [5.41, 5.74) is 1.07. The van der Waals surface area contributed by atoms with Gasteiger partial charge in [0.05, 0.1) is 11.8 Å². The number of nitrogens with one attached hydrogen (secondary N) is 1. The number of rotatable bonds is 5. The zero-order chi connectivity index (χ0) is 14.5. The summed E-state index contributed by atoms with van der Waals surface area (Å²) < 4.78 is 2.81. The van der Waals surface area contributed by atoms with Gasteiger partial charge in [0.25, 0.3) is 0 Å². The minimum absolute atomic E-state index is 0.0179. The van der Waals surface area contributed by atoms with Crippen LogP contribution in [0.5, 0.6) is 0 Å². The summed E-state index contributed by atoms with van der Waals surface area (Å²) in [4.78, 5) is 11.9. The van der Waals surface area contributed by atoms with Crippen molar-refractivity contribution >= 4 is 33.6 Å². The molecule has 1 aromatic heterocycles. The number of hydrogen-bond acceptors (Lipinski definition) is 4. The number of carbonyl (C=O) groups excluding carboxylic acids is 1. The second kappa shape index (κ2) is 6.90. The van der Waals surface area contributed by atoms with Crippen molar-refractivity contribution in [2.24, 2.45) is 7.05 Å². The topological polar surface area (TPSA) is 59.8 Å². The van der Waals surface area contributed by atoms with Gasteiger partial charge in [0.1, 0.15) is 6.33 Å². The minimum atomic E-state index is -0.0200. The van der Waals surface area contributed by atoms with Crippen LogP contribution >= 0.6 is 27.7 Å². The van der Waals surface area contributed by atoms with Crippen molar-refractivity contribution in [2.75, 3.05) is 5.75 Å². The molecule has 0 radical (unpaired) electrons. The summed E-state index contributed by atoms with van der Waals surface area (Å²) >= 11 is 4.76. The standard InChI is InChI=1S/C13H15BrN4OS/c1-9(10-3-5-11(14)6-4-10)16-12(19)7-20-13-17-15-8-18(13)2/h3-6,8-9H,7H2,1-2H3,(H,16,19)/t9-/m0/s1. The van der Waals surface area contributed by atoms with E-state index in [1.165, 1.54) is 11.8 Å². The van der Waals surface area contributed by atoms with Crippen molar-refractivity contribution < 1.29 is 4.79 Å². The van der Waals surface area contributed by atoms with Crippen molar-refractivity contribution in [3.8, 4) is 0 Å². The van der Waals surface area contributed by atoms with Crippen LogP contribution in [0.2, 0.25) is 0 Å². The van der Waals surface area contributed by atoms with Crippen molar-refractivity contribution in [3.05, 3.63) is 40.6 Å². The molecule has 1 amide bonds. The van der Waals surface area contributed by atoms with Crippen molar-refractivity contribution in [1.82, 2.24) is 20.1 Å². The SMILES string of the molecule is C[C@H](NC(=O)CSc1nncn1C)c1ccc(Br)cc1. The Hall–Kier alpha value is -1.34. The molecule has 0 aliphatic carbocycles. The van der Waals surface area contributed by atoms with Crippen molar-refractivity contribution in [3.63, 3.8) is 0 Å². The molecule has 0 spiro atoms. The number of amides is 1. The van der Waals surface area contributed by atoms with Crippen LogP contribution in [0.25, 0.3) is 0 Å². The smallest absolute Gasteiger partial charge is 0.230 e. The lowest BCUT2D eigenvalue weighted by Crippen LogP contribution is -2.28. The molecule has 1 heterocycles. The summed E-state index contributed by atoms with van der Waals surface area (Å²) in [5, 5.41) is 11.4. The molecule has 2 rings (SSSR count). The number of hydrogen-bond donors (Lipinski definition) is 1. The highest BCUT2D eigenvalue weighted by molar-refractivity contribution is 9.10. The van der Waals surface area contributed by atoms with Crippen LogP contribution in [0.15, 0.2) is 40.2 Å². The first-order valence-electron chi connectivity index (χ1n) is 6.08. The minimum Gasteiger partial charge on any atom is -0.349 e. The molecule has 0 saturated heterocycles.